The quantitative estimate of drug-likeness (QED) is 0.562. The molecular formula is C23H36O4. The van der Waals surface area contributed by atoms with Crippen LogP contribution in [0.15, 0.2) is 23.3 Å². The second-order valence-electron chi connectivity index (χ2n) is 9.75. The van der Waals surface area contributed by atoms with Gasteiger partial charge in [-0.15, -0.1) is 0 Å². The zero-order valence-electron chi connectivity index (χ0n) is 18.0. The molecule has 2 aliphatic carbocycles. The van der Waals surface area contributed by atoms with Crippen molar-refractivity contribution in [2.45, 2.75) is 86.4 Å². The number of carbonyl (C=O) groups is 2. The SMILES string of the molecule is CC(=O)O[C@@H]1[C@@H](CC=C(C)C)C[C@]2(CC=C(C)C)C(=O)[C@H]1C(C)(C)C[C@H]2O. The van der Waals surface area contributed by atoms with Gasteiger partial charge in [0.2, 0.25) is 0 Å². The van der Waals surface area contributed by atoms with Gasteiger partial charge in [-0.05, 0) is 58.8 Å². The maximum absolute atomic E-state index is 13.6. The van der Waals surface area contributed by atoms with Crippen LogP contribution in [0.4, 0.5) is 0 Å². The number of hydrogen-bond donors (Lipinski definition) is 1. The molecule has 0 aromatic heterocycles. The highest BCUT2D eigenvalue weighted by Gasteiger charge is 2.64. The Morgan fingerprint density at radius 2 is 1.70 bits per heavy atom. The van der Waals surface area contributed by atoms with Crippen molar-refractivity contribution >= 4 is 11.8 Å². The Kier molecular flexibility index (Phi) is 6.40. The summed E-state index contributed by atoms with van der Waals surface area (Å²) in [5, 5.41) is 11.1. The summed E-state index contributed by atoms with van der Waals surface area (Å²) in [6, 6.07) is 0. The highest BCUT2D eigenvalue weighted by Crippen LogP contribution is 2.58. The number of ether oxygens (including phenoxy) is 1. The molecule has 0 aromatic rings. The Balaban J connectivity index is 2.54. The third kappa shape index (κ3) is 4.37. The first-order chi connectivity index (χ1) is 12.4. The van der Waals surface area contributed by atoms with Crippen LogP contribution in [0.25, 0.3) is 0 Å². The monoisotopic (exact) mass is 376 g/mol. The van der Waals surface area contributed by atoms with E-state index in [-0.39, 0.29) is 23.6 Å². The van der Waals surface area contributed by atoms with Crippen LogP contribution in [0, 0.1) is 22.7 Å². The molecule has 4 heteroatoms. The van der Waals surface area contributed by atoms with Crippen molar-refractivity contribution in [2.75, 3.05) is 0 Å². The number of rotatable bonds is 5. The number of aliphatic hydroxyl groups is 1. The van der Waals surface area contributed by atoms with Crippen LogP contribution in [0.5, 0.6) is 0 Å². The smallest absolute Gasteiger partial charge is 0.302 e. The van der Waals surface area contributed by atoms with E-state index in [0.717, 1.165) is 12.0 Å². The van der Waals surface area contributed by atoms with E-state index in [4.69, 9.17) is 4.74 Å². The number of Topliss-reactive ketones (excluding diaryl/α,β-unsaturated/α-hetero) is 1. The molecule has 0 saturated heterocycles. The van der Waals surface area contributed by atoms with Crippen LogP contribution < -0.4 is 0 Å². The summed E-state index contributed by atoms with van der Waals surface area (Å²) in [4.78, 5) is 25.5. The maximum atomic E-state index is 13.6. The van der Waals surface area contributed by atoms with E-state index >= 15 is 0 Å². The van der Waals surface area contributed by atoms with Gasteiger partial charge in [0.15, 0.2) is 0 Å². The Hall–Kier alpha value is -1.42. The van der Waals surface area contributed by atoms with Crippen LogP contribution in [0.2, 0.25) is 0 Å². The molecule has 2 bridgehead atoms. The second-order valence-corrected chi connectivity index (χ2v) is 9.75. The lowest BCUT2D eigenvalue weighted by Gasteiger charge is -2.58. The van der Waals surface area contributed by atoms with E-state index in [2.05, 4.69) is 12.2 Å². The fourth-order valence-electron chi connectivity index (χ4n) is 5.00. The Morgan fingerprint density at radius 1 is 1.11 bits per heavy atom. The lowest BCUT2D eigenvalue weighted by Crippen LogP contribution is -2.64. The number of esters is 1. The molecule has 0 aliphatic heterocycles. The summed E-state index contributed by atoms with van der Waals surface area (Å²) in [6.07, 6.45) is 5.55. The molecule has 1 N–H and O–H groups in total. The van der Waals surface area contributed by atoms with E-state index in [9.17, 15) is 14.7 Å². The standard InChI is InChI=1S/C23H36O4/c1-14(2)8-9-17-12-23(11-10-15(3)4)18(25)13-22(6,7)19(21(23)26)20(17)27-16(5)24/h8,10,17-20,25H,9,11-13H2,1-7H3/t17-,18+,19-,20+,23-/m0/s1. The summed E-state index contributed by atoms with van der Waals surface area (Å²) in [5.41, 5.74) is 1.17. The van der Waals surface area contributed by atoms with Crippen LogP contribution in [0.3, 0.4) is 0 Å². The van der Waals surface area contributed by atoms with Gasteiger partial charge in [0.05, 0.1) is 17.4 Å². The zero-order valence-corrected chi connectivity index (χ0v) is 18.0. The lowest BCUT2D eigenvalue weighted by atomic mass is 9.47. The largest absolute Gasteiger partial charge is 0.461 e. The molecule has 0 radical (unpaired) electrons. The predicted octanol–water partition coefficient (Wildman–Crippen LogP) is 4.61. The van der Waals surface area contributed by atoms with Crippen molar-refractivity contribution in [2.24, 2.45) is 22.7 Å². The topological polar surface area (TPSA) is 63.6 Å². The van der Waals surface area contributed by atoms with Gasteiger partial charge in [0, 0.05) is 12.8 Å². The second kappa shape index (κ2) is 7.90. The molecule has 0 spiro atoms. The molecule has 2 rings (SSSR count). The van der Waals surface area contributed by atoms with Crippen molar-refractivity contribution in [3.8, 4) is 0 Å². The van der Waals surface area contributed by atoms with Crippen LogP contribution in [-0.2, 0) is 14.3 Å². The average Bonchev–Trinajstić information content (AvgIpc) is 2.50. The molecule has 152 valence electrons. The van der Waals surface area contributed by atoms with Gasteiger partial charge in [-0.3, -0.25) is 9.59 Å². The average molecular weight is 377 g/mol. The molecule has 4 nitrogen and oxygen atoms in total. The normalized spacial score (nSPS) is 34.6. The molecule has 0 heterocycles. The van der Waals surface area contributed by atoms with E-state index in [1.807, 2.05) is 41.5 Å². The van der Waals surface area contributed by atoms with Gasteiger partial charge in [-0.2, -0.15) is 0 Å². The first-order valence-electron chi connectivity index (χ1n) is 10.1. The number of carbonyl (C=O) groups excluding carboxylic acids is 2. The number of ketones is 1. The van der Waals surface area contributed by atoms with Crippen molar-refractivity contribution < 1.29 is 19.4 Å². The number of fused-ring (bicyclic) bond motifs is 2. The van der Waals surface area contributed by atoms with Crippen molar-refractivity contribution in [1.29, 1.82) is 0 Å². The molecule has 27 heavy (non-hydrogen) atoms. The lowest BCUT2D eigenvalue weighted by molar-refractivity contribution is -0.195. The third-order valence-electron chi connectivity index (χ3n) is 6.40. The molecule has 2 fully saturated rings. The van der Waals surface area contributed by atoms with Crippen LogP contribution >= 0.6 is 0 Å². The van der Waals surface area contributed by atoms with Crippen molar-refractivity contribution in [3.63, 3.8) is 0 Å². The van der Waals surface area contributed by atoms with E-state index in [0.29, 0.717) is 19.3 Å². The Labute approximate surface area is 164 Å². The van der Waals surface area contributed by atoms with Crippen molar-refractivity contribution in [3.05, 3.63) is 23.3 Å². The predicted molar refractivity (Wildman–Crippen MR) is 107 cm³/mol. The molecule has 2 aliphatic rings. The molecule has 5 atom stereocenters. The van der Waals surface area contributed by atoms with Gasteiger partial charge >= 0.3 is 5.97 Å². The zero-order chi connectivity index (χ0) is 20.6. The minimum Gasteiger partial charge on any atom is -0.461 e. The molecule has 0 amide bonds. The number of allylic oxidation sites excluding steroid dienone is 4. The molecule has 0 unspecified atom stereocenters. The maximum Gasteiger partial charge on any atom is 0.302 e. The molecular weight excluding hydrogens is 340 g/mol. The van der Waals surface area contributed by atoms with E-state index in [1.54, 1.807) is 0 Å². The van der Waals surface area contributed by atoms with E-state index in [1.165, 1.54) is 12.5 Å². The highest BCUT2D eigenvalue weighted by atomic mass is 16.5. The van der Waals surface area contributed by atoms with Gasteiger partial charge < -0.3 is 9.84 Å². The molecule has 0 aromatic carbocycles. The summed E-state index contributed by atoms with van der Waals surface area (Å²) in [5.74, 6) is -0.608. The van der Waals surface area contributed by atoms with Gasteiger partial charge in [-0.25, -0.2) is 0 Å². The summed E-state index contributed by atoms with van der Waals surface area (Å²) in [7, 11) is 0. The minimum absolute atomic E-state index is 0.0336. The van der Waals surface area contributed by atoms with Gasteiger partial charge in [-0.1, -0.05) is 37.1 Å². The first-order valence-corrected chi connectivity index (χ1v) is 10.1. The molecule has 2 saturated carbocycles. The Bertz CT molecular complexity index is 649. The summed E-state index contributed by atoms with van der Waals surface area (Å²) >= 11 is 0. The minimum atomic E-state index is -0.770. The fourth-order valence-corrected chi connectivity index (χ4v) is 5.00. The van der Waals surface area contributed by atoms with Crippen molar-refractivity contribution in [1.82, 2.24) is 0 Å². The summed E-state index contributed by atoms with van der Waals surface area (Å²) < 4.78 is 5.75. The van der Waals surface area contributed by atoms with E-state index < -0.39 is 23.0 Å². The van der Waals surface area contributed by atoms with Gasteiger partial charge in [0.1, 0.15) is 11.9 Å². The van der Waals surface area contributed by atoms with Gasteiger partial charge in [0.25, 0.3) is 0 Å². The van der Waals surface area contributed by atoms with Crippen LogP contribution in [-0.4, -0.2) is 29.1 Å². The number of aliphatic hydroxyl groups excluding tert-OH is 1. The number of hydrogen-bond acceptors (Lipinski definition) is 4. The first kappa shape index (κ1) is 21.9. The third-order valence-corrected chi connectivity index (χ3v) is 6.40. The fraction of sp³-hybridized carbons (Fsp3) is 0.739. The summed E-state index contributed by atoms with van der Waals surface area (Å²) in [6.45, 7) is 13.6. The van der Waals surface area contributed by atoms with Crippen LogP contribution in [0.1, 0.15) is 74.1 Å². The Morgan fingerprint density at radius 3 is 2.22 bits per heavy atom. The highest BCUT2D eigenvalue weighted by molar-refractivity contribution is 5.91.